The van der Waals surface area contributed by atoms with Crippen LogP contribution in [0, 0.1) is 0 Å². The molecule has 0 atom stereocenters. The Hall–Kier alpha value is -1.88. The quantitative estimate of drug-likeness (QED) is 0.826. The van der Waals surface area contributed by atoms with Crippen molar-refractivity contribution in [3.05, 3.63) is 35.4 Å². The molecule has 24 heavy (non-hydrogen) atoms. The maximum atomic E-state index is 12.5. The van der Waals surface area contributed by atoms with Crippen LogP contribution >= 0.6 is 0 Å². The highest BCUT2D eigenvalue weighted by molar-refractivity contribution is 5.78. The van der Waals surface area contributed by atoms with Gasteiger partial charge in [-0.2, -0.15) is 0 Å². The molecule has 1 aliphatic rings. The molecule has 1 aliphatic heterocycles. The number of hydrogen-bond acceptors (Lipinski definition) is 3. The lowest BCUT2D eigenvalue weighted by atomic mass is 10.1. The molecule has 5 heteroatoms. The number of likely N-dealkylation sites (N-methyl/N-ethyl adjacent to an activating group) is 1. The van der Waals surface area contributed by atoms with Crippen LogP contribution in [0.3, 0.4) is 0 Å². The highest BCUT2D eigenvalue weighted by Crippen LogP contribution is 2.09. The summed E-state index contributed by atoms with van der Waals surface area (Å²) in [5.41, 5.74) is 2.47. The van der Waals surface area contributed by atoms with Gasteiger partial charge in [-0.05, 0) is 24.0 Å². The van der Waals surface area contributed by atoms with Crippen LogP contribution < -0.4 is 0 Å². The Bertz CT molecular complexity index is 556. The third kappa shape index (κ3) is 5.34. The fourth-order valence-electron chi connectivity index (χ4n) is 3.00. The molecule has 0 N–H and O–H groups in total. The first-order valence-corrected chi connectivity index (χ1v) is 8.79. The first kappa shape index (κ1) is 18.5. The zero-order valence-electron chi connectivity index (χ0n) is 15.1. The lowest BCUT2D eigenvalue weighted by Crippen LogP contribution is -2.40. The van der Waals surface area contributed by atoms with Gasteiger partial charge in [-0.3, -0.25) is 14.5 Å². The molecule has 2 amide bonds. The molecule has 0 spiro atoms. The summed E-state index contributed by atoms with van der Waals surface area (Å²) in [6.45, 7) is 7.95. The molecule has 0 bridgehead atoms. The van der Waals surface area contributed by atoms with Gasteiger partial charge in [0, 0.05) is 46.7 Å². The van der Waals surface area contributed by atoms with Gasteiger partial charge >= 0.3 is 0 Å². The van der Waals surface area contributed by atoms with Gasteiger partial charge in [0.15, 0.2) is 0 Å². The maximum Gasteiger partial charge on any atom is 0.236 e. The number of nitrogens with zero attached hydrogens (tertiary/aromatic N) is 3. The Morgan fingerprint density at radius 1 is 1.04 bits per heavy atom. The molecule has 0 aromatic heterocycles. The molecule has 1 heterocycles. The average molecular weight is 331 g/mol. The first-order chi connectivity index (χ1) is 11.5. The van der Waals surface area contributed by atoms with E-state index in [1.807, 2.05) is 11.9 Å². The van der Waals surface area contributed by atoms with Crippen LogP contribution in [0.15, 0.2) is 24.3 Å². The van der Waals surface area contributed by atoms with Crippen molar-refractivity contribution < 1.29 is 9.59 Å². The predicted molar refractivity (Wildman–Crippen MR) is 95.6 cm³/mol. The maximum absolute atomic E-state index is 12.5. The highest BCUT2D eigenvalue weighted by atomic mass is 16.2. The second-order valence-corrected chi connectivity index (χ2v) is 6.56. The van der Waals surface area contributed by atoms with Gasteiger partial charge in [0.25, 0.3) is 0 Å². The Kier molecular flexibility index (Phi) is 6.79. The van der Waals surface area contributed by atoms with E-state index in [9.17, 15) is 9.59 Å². The Labute approximate surface area is 145 Å². The van der Waals surface area contributed by atoms with Gasteiger partial charge < -0.3 is 9.80 Å². The number of hydrogen-bond donors (Lipinski definition) is 0. The largest absolute Gasteiger partial charge is 0.342 e. The van der Waals surface area contributed by atoms with Crippen LogP contribution in [0.2, 0.25) is 0 Å². The highest BCUT2D eigenvalue weighted by Gasteiger charge is 2.19. The number of rotatable bonds is 5. The molecule has 0 saturated carbocycles. The molecule has 5 nitrogen and oxygen atoms in total. The van der Waals surface area contributed by atoms with Crippen molar-refractivity contribution in [3.8, 4) is 0 Å². The van der Waals surface area contributed by atoms with E-state index in [-0.39, 0.29) is 11.8 Å². The molecule has 132 valence electrons. The SMILES string of the molecule is CCc1ccc(CN(C)C(=O)CN2CCCN(C(C)=O)CC2)cc1. The van der Waals surface area contributed by atoms with E-state index in [0.29, 0.717) is 19.6 Å². The molecule has 2 rings (SSSR count). The number of aryl methyl sites for hydroxylation is 1. The van der Waals surface area contributed by atoms with Gasteiger partial charge in [0.2, 0.25) is 11.8 Å². The third-order valence-corrected chi connectivity index (χ3v) is 4.67. The van der Waals surface area contributed by atoms with Crippen molar-refractivity contribution in [2.24, 2.45) is 0 Å². The van der Waals surface area contributed by atoms with Crippen LogP contribution in [-0.2, 0) is 22.6 Å². The Balaban J connectivity index is 1.83. The molecule has 0 unspecified atom stereocenters. The normalized spacial score (nSPS) is 15.9. The summed E-state index contributed by atoms with van der Waals surface area (Å²) in [5, 5.41) is 0. The van der Waals surface area contributed by atoms with Crippen LogP contribution in [0.1, 0.15) is 31.4 Å². The number of amides is 2. The van der Waals surface area contributed by atoms with Crippen molar-refractivity contribution in [2.75, 3.05) is 39.8 Å². The van der Waals surface area contributed by atoms with Crippen LogP contribution in [0.25, 0.3) is 0 Å². The van der Waals surface area contributed by atoms with Crippen molar-refractivity contribution in [1.82, 2.24) is 14.7 Å². The van der Waals surface area contributed by atoms with Crippen molar-refractivity contribution in [1.29, 1.82) is 0 Å². The van der Waals surface area contributed by atoms with E-state index in [1.165, 1.54) is 5.56 Å². The minimum absolute atomic E-state index is 0.121. The zero-order valence-corrected chi connectivity index (χ0v) is 15.1. The van der Waals surface area contributed by atoms with E-state index < -0.39 is 0 Å². The molecular weight excluding hydrogens is 302 g/mol. The molecular formula is C19H29N3O2. The van der Waals surface area contributed by atoms with Crippen LogP contribution in [0.4, 0.5) is 0 Å². The minimum Gasteiger partial charge on any atom is -0.342 e. The lowest BCUT2D eigenvalue weighted by molar-refractivity contribution is -0.131. The number of benzene rings is 1. The molecule has 1 fully saturated rings. The summed E-state index contributed by atoms with van der Waals surface area (Å²) in [6, 6.07) is 8.44. The lowest BCUT2D eigenvalue weighted by Gasteiger charge is -2.24. The summed E-state index contributed by atoms with van der Waals surface area (Å²) >= 11 is 0. The zero-order chi connectivity index (χ0) is 17.5. The first-order valence-electron chi connectivity index (χ1n) is 8.79. The molecule has 1 aromatic carbocycles. The van der Waals surface area contributed by atoms with Crippen molar-refractivity contribution in [3.63, 3.8) is 0 Å². The summed E-state index contributed by atoms with van der Waals surface area (Å²) < 4.78 is 0. The second kappa shape index (κ2) is 8.83. The second-order valence-electron chi connectivity index (χ2n) is 6.56. The Morgan fingerprint density at radius 3 is 2.33 bits per heavy atom. The molecule has 1 saturated heterocycles. The number of carbonyl (C=O) groups excluding carboxylic acids is 2. The van der Waals surface area contributed by atoms with Gasteiger partial charge in [0.1, 0.15) is 0 Å². The standard InChI is InChI=1S/C19H29N3O2/c1-4-17-6-8-18(9-7-17)14-20(3)19(24)15-21-10-5-11-22(13-12-21)16(2)23/h6-9H,4-5,10-15H2,1-3H3. The van der Waals surface area contributed by atoms with E-state index in [4.69, 9.17) is 0 Å². The van der Waals surface area contributed by atoms with E-state index in [0.717, 1.165) is 38.0 Å². The average Bonchev–Trinajstić information content (AvgIpc) is 2.81. The van der Waals surface area contributed by atoms with Gasteiger partial charge in [-0.15, -0.1) is 0 Å². The van der Waals surface area contributed by atoms with Gasteiger partial charge in [-0.25, -0.2) is 0 Å². The summed E-state index contributed by atoms with van der Waals surface area (Å²) in [7, 11) is 1.86. The van der Waals surface area contributed by atoms with Crippen LogP contribution in [0.5, 0.6) is 0 Å². The van der Waals surface area contributed by atoms with E-state index >= 15 is 0 Å². The van der Waals surface area contributed by atoms with Crippen molar-refractivity contribution in [2.45, 2.75) is 33.2 Å². The fourth-order valence-corrected chi connectivity index (χ4v) is 3.00. The molecule has 0 radical (unpaired) electrons. The monoisotopic (exact) mass is 331 g/mol. The number of carbonyl (C=O) groups is 2. The van der Waals surface area contributed by atoms with Crippen molar-refractivity contribution >= 4 is 11.8 Å². The third-order valence-electron chi connectivity index (χ3n) is 4.67. The summed E-state index contributed by atoms with van der Waals surface area (Å²) in [6.07, 6.45) is 1.95. The summed E-state index contributed by atoms with van der Waals surface area (Å²) in [5.74, 6) is 0.252. The van der Waals surface area contributed by atoms with E-state index in [1.54, 1.807) is 11.8 Å². The van der Waals surface area contributed by atoms with Gasteiger partial charge in [0.05, 0.1) is 6.54 Å². The van der Waals surface area contributed by atoms with E-state index in [2.05, 4.69) is 36.1 Å². The summed E-state index contributed by atoms with van der Waals surface area (Å²) in [4.78, 5) is 29.7. The Morgan fingerprint density at radius 2 is 1.71 bits per heavy atom. The molecule has 1 aromatic rings. The smallest absolute Gasteiger partial charge is 0.236 e. The van der Waals surface area contributed by atoms with Crippen LogP contribution in [-0.4, -0.2) is 66.3 Å². The minimum atomic E-state index is 0.121. The fraction of sp³-hybridized carbons (Fsp3) is 0.579. The van der Waals surface area contributed by atoms with Gasteiger partial charge in [-0.1, -0.05) is 31.2 Å². The predicted octanol–water partition coefficient (Wildman–Crippen LogP) is 1.76. The molecule has 0 aliphatic carbocycles. The topological polar surface area (TPSA) is 43.9 Å².